The second kappa shape index (κ2) is 5.59. The fourth-order valence-corrected chi connectivity index (χ4v) is 3.43. The molecule has 106 valence electrons. The first kappa shape index (κ1) is 14.5. The molecule has 0 radical (unpaired) electrons. The smallest absolute Gasteiger partial charge is 0.231 e. The predicted molar refractivity (Wildman–Crippen MR) is 78.3 cm³/mol. The summed E-state index contributed by atoms with van der Waals surface area (Å²) in [5, 5.41) is 0. The lowest BCUT2D eigenvalue weighted by atomic mass is 9.95. The Morgan fingerprint density at radius 3 is 2.53 bits per heavy atom. The van der Waals surface area contributed by atoms with E-state index in [1.54, 1.807) is 0 Å². The van der Waals surface area contributed by atoms with Crippen LogP contribution in [-0.4, -0.2) is 25.8 Å². The Labute approximate surface area is 121 Å². The van der Waals surface area contributed by atoms with Crippen LogP contribution in [0, 0.1) is 5.92 Å². The summed E-state index contributed by atoms with van der Waals surface area (Å²) in [7, 11) is 4.35. The van der Waals surface area contributed by atoms with E-state index in [9.17, 15) is 0 Å². The van der Waals surface area contributed by atoms with Crippen LogP contribution < -0.4 is 9.47 Å². The molecule has 0 unspecified atom stereocenters. The zero-order valence-corrected chi connectivity index (χ0v) is 12.6. The van der Waals surface area contributed by atoms with E-state index in [0.29, 0.717) is 12.8 Å². The molecule has 0 aromatic heterocycles. The number of rotatable bonds is 3. The molecule has 0 N–H and O–H groups in total. The maximum Gasteiger partial charge on any atom is 0.231 e. The summed E-state index contributed by atoms with van der Waals surface area (Å²) in [5.41, 5.74) is 2.87. The monoisotopic (exact) mass is 283 g/mol. The zero-order chi connectivity index (χ0) is 12.7. The maximum absolute atomic E-state index is 5.51. The molecule has 1 aromatic carbocycles. The average molecular weight is 284 g/mol. The van der Waals surface area contributed by atoms with Gasteiger partial charge in [-0.2, -0.15) is 0 Å². The molecule has 2 aliphatic rings. The van der Waals surface area contributed by atoms with E-state index in [0.717, 1.165) is 17.4 Å². The fourth-order valence-electron chi connectivity index (χ4n) is 3.43. The molecule has 0 fully saturated rings. The molecular weight excluding hydrogens is 262 g/mol. The minimum absolute atomic E-state index is 0. The van der Waals surface area contributed by atoms with Crippen molar-refractivity contribution in [1.29, 1.82) is 0 Å². The molecule has 1 aliphatic carbocycles. The van der Waals surface area contributed by atoms with Crippen LogP contribution >= 0.6 is 12.4 Å². The van der Waals surface area contributed by atoms with Gasteiger partial charge in [0.05, 0.1) is 0 Å². The number of hydrogen-bond acceptors (Lipinski definition) is 3. The predicted octanol–water partition coefficient (Wildman–Crippen LogP) is 3.41. The molecule has 1 heterocycles. The van der Waals surface area contributed by atoms with Crippen molar-refractivity contribution in [2.75, 3.05) is 20.9 Å². The quantitative estimate of drug-likeness (QED) is 0.848. The second-order valence-electron chi connectivity index (χ2n) is 5.57. The lowest BCUT2D eigenvalue weighted by Crippen LogP contribution is -2.24. The van der Waals surface area contributed by atoms with Gasteiger partial charge in [0, 0.05) is 6.04 Å². The normalized spacial score (nSPS) is 23.4. The fraction of sp³-hybridized carbons (Fsp3) is 0.600. The van der Waals surface area contributed by atoms with Crippen LogP contribution in [0.2, 0.25) is 0 Å². The van der Waals surface area contributed by atoms with Crippen LogP contribution in [-0.2, 0) is 6.42 Å². The lowest BCUT2D eigenvalue weighted by Gasteiger charge is -2.27. The van der Waals surface area contributed by atoms with Gasteiger partial charge >= 0.3 is 0 Å². The minimum Gasteiger partial charge on any atom is -0.454 e. The molecular formula is C15H22ClNO2. The number of hydrogen-bond donors (Lipinski definition) is 0. The topological polar surface area (TPSA) is 21.7 Å². The summed E-state index contributed by atoms with van der Waals surface area (Å²) in [6.45, 7) is 2.63. The highest BCUT2D eigenvalue weighted by molar-refractivity contribution is 5.85. The lowest BCUT2D eigenvalue weighted by molar-refractivity contribution is 0.173. The Morgan fingerprint density at radius 1 is 1.21 bits per heavy atom. The van der Waals surface area contributed by atoms with Gasteiger partial charge in [-0.05, 0) is 56.1 Å². The molecule has 0 saturated carbocycles. The molecule has 0 bridgehead atoms. The third kappa shape index (κ3) is 2.41. The van der Waals surface area contributed by atoms with Crippen LogP contribution in [0.15, 0.2) is 12.1 Å². The van der Waals surface area contributed by atoms with Crippen LogP contribution in [0.4, 0.5) is 0 Å². The van der Waals surface area contributed by atoms with Gasteiger partial charge in [0.25, 0.3) is 0 Å². The number of halogens is 1. The second-order valence-corrected chi connectivity index (χ2v) is 5.57. The van der Waals surface area contributed by atoms with Crippen molar-refractivity contribution in [3.8, 4) is 11.5 Å². The zero-order valence-electron chi connectivity index (χ0n) is 11.8. The van der Waals surface area contributed by atoms with Gasteiger partial charge in [0.2, 0.25) is 6.79 Å². The third-order valence-electron chi connectivity index (χ3n) is 4.10. The molecule has 3 nitrogen and oxygen atoms in total. The largest absolute Gasteiger partial charge is 0.454 e. The Balaban J connectivity index is 0.00000133. The number of benzene rings is 1. The van der Waals surface area contributed by atoms with Gasteiger partial charge in [0.1, 0.15) is 0 Å². The molecule has 19 heavy (non-hydrogen) atoms. The van der Waals surface area contributed by atoms with Crippen LogP contribution in [0.5, 0.6) is 11.5 Å². The first-order valence-electron chi connectivity index (χ1n) is 6.79. The molecule has 0 amide bonds. The van der Waals surface area contributed by atoms with Crippen LogP contribution in [0.1, 0.15) is 36.9 Å². The summed E-state index contributed by atoms with van der Waals surface area (Å²) in [6, 6.07) is 4.90. The van der Waals surface area contributed by atoms with Gasteiger partial charge in [0.15, 0.2) is 11.5 Å². The van der Waals surface area contributed by atoms with Crippen LogP contribution in [0.25, 0.3) is 0 Å². The highest BCUT2D eigenvalue weighted by Gasteiger charge is 2.35. The Morgan fingerprint density at radius 2 is 1.89 bits per heavy atom. The highest BCUT2D eigenvalue weighted by Crippen LogP contribution is 2.46. The summed E-state index contributed by atoms with van der Waals surface area (Å²) >= 11 is 0. The third-order valence-corrected chi connectivity index (χ3v) is 4.10. The first-order valence-corrected chi connectivity index (χ1v) is 6.79. The van der Waals surface area contributed by atoms with Crippen LogP contribution in [0.3, 0.4) is 0 Å². The molecule has 2 atom stereocenters. The van der Waals surface area contributed by atoms with E-state index in [1.165, 1.54) is 30.4 Å². The van der Waals surface area contributed by atoms with Crippen molar-refractivity contribution < 1.29 is 9.47 Å². The molecule has 1 aliphatic heterocycles. The van der Waals surface area contributed by atoms with E-state index in [-0.39, 0.29) is 12.4 Å². The Kier molecular flexibility index (Phi) is 4.26. The maximum atomic E-state index is 5.51. The number of fused-ring (bicyclic) bond motifs is 2. The van der Waals surface area contributed by atoms with Crippen molar-refractivity contribution in [3.05, 3.63) is 23.3 Å². The summed E-state index contributed by atoms with van der Waals surface area (Å²) in [4.78, 5) is 2.34. The van der Waals surface area contributed by atoms with Gasteiger partial charge in [-0.3, -0.25) is 0 Å². The standard InChI is InChI=1S/C15H21NO2.ClH/c1-4-5-10-6-11-7-13-14(18-9-17-13)8-12(11)15(10)16(2)3;/h7-8,10,15H,4-6,9H2,1-3H3;1H/t10-,15-;/m1./s1. The van der Waals surface area contributed by atoms with Crippen molar-refractivity contribution in [2.24, 2.45) is 5.92 Å². The highest BCUT2D eigenvalue weighted by atomic mass is 35.5. The SMILES string of the molecule is CCC[C@@H]1Cc2cc3c(cc2[C@@H]1N(C)C)OCO3.Cl. The minimum atomic E-state index is 0. The number of nitrogens with zero attached hydrogens (tertiary/aromatic N) is 1. The Hall–Kier alpha value is -0.930. The van der Waals surface area contributed by atoms with E-state index < -0.39 is 0 Å². The first-order chi connectivity index (χ1) is 8.70. The molecule has 4 heteroatoms. The van der Waals surface area contributed by atoms with E-state index >= 15 is 0 Å². The van der Waals surface area contributed by atoms with E-state index in [1.807, 2.05) is 0 Å². The summed E-state index contributed by atoms with van der Waals surface area (Å²) in [5.74, 6) is 2.56. The van der Waals surface area contributed by atoms with Gasteiger partial charge < -0.3 is 14.4 Å². The van der Waals surface area contributed by atoms with E-state index in [2.05, 4.69) is 38.1 Å². The number of ether oxygens (including phenoxy) is 2. The van der Waals surface area contributed by atoms with E-state index in [4.69, 9.17) is 9.47 Å². The average Bonchev–Trinajstić information content (AvgIpc) is 2.88. The molecule has 1 aromatic rings. The van der Waals surface area contributed by atoms with Gasteiger partial charge in [-0.1, -0.05) is 13.3 Å². The summed E-state index contributed by atoms with van der Waals surface area (Å²) < 4.78 is 11.0. The van der Waals surface area contributed by atoms with Crippen molar-refractivity contribution >= 4 is 12.4 Å². The van der Waals surface area contributed by atoms with Crippen molar-refractivity contribution in [3.63, 3.8) is 0 Å². The van der Waals surface area contributed by atoms with Gasteiger partial charge in [-0.25, -0.2) is 0 Å². The van der Waals surface area contributed by atoms with Crippen molar-refractivity contribution in [1.82, 2.24) is 4.90 Å². The summed E-state index contributed by atoms with van der Waals surface area (Å²) in [6.07, 6.45) is 3.70. The molecule has 3 rings (SSSR count). The molecule has 0 spiro atoms. The Bertz CT molecular complexity index is 462. The van der Waals surface area contributed by atoms with Crippen molar-refractivity contribution in [2.45, 2.75) is 32.2 Å². The molecule has 0 saturated heterocycles. The van der Waals surface area contributed by atoms with Gasteiger partial charge in [-0.15, -0.1) is 12.4 Å².